The minimum absolute atomic E-state index is 0.0920. The molecule has 1 amide bonds. The molecule has 0 spiro atoms. The molecule has 4 aliphatic carbocycles. The number of anilines is 2. The maximum Gasteiger partial charge on any atom is 0.273 e. The summed E-state index contributed by atoms with van der Waals surface area (Å²) in [5.74, 6) is 3.21. The predicted octanol–water partition coefficient (Wildman–Crippen LogP) is 3.36. The molecule has 2 aromatic rings. The molecular formula is C28H36ClN7O2. The van der Waals surface area contributed by atoms with Crippen LogP contribution in [-0.4, -0.2) is 64.1 Å². The molecule has 0 aromatic carbocycles. The highest BCUT2D eigenvalue weighted by Crippen LogP contribution is 2.55. The SMILES string of the molecule is CN(CC1CCN(c2ccc(C#N)cn2)CC1)c1c(Cl)c(C(=O)N[C@H]2C3CC4CC2C[C@](O)(C4)C3)nn1C. The molecule has 4 bridgehead atoms. The molecule has 5 aliphatic rings. The number of nitriles is 1. The lowest BCUT2D eigenvalue weighted by molar-refractivity contribution is -0.136. The van der Waals surface area contributed by atoms with E-state index in [9.17, 15) is 9.90 Å². The van der Waals surface area contributed by atoms with E-state index in [-0.39, 0.29) is 17.6 Å². The van der Waals surface area contributed by atoms with E-state index >= 15 is 0 Å². The first-order chi connectivity index (χ1) is 18.2. The van der Waals surface area contributed by atoms with Crippen molar-refractivity contribution in [2.45, 2.75) is 56.6 Å². The van der Waals surface area contributed by atoms with Crippen molar-refractivity contribution in [1.82, 2.24) is 20.1 Å². The normalized spacial score (nSPS) is 30.3. The third kappa shape index (κ3) is 4.62. The third-order valence-corrected chi connectivity index (χ3v) is 9.77. The highest BCUT2D eigenvalue weighted by Gasteiger charge is 2.55. The average Bonchev–Trinajstić information content (AvgIpc) is 3.19. The smallest absolute Gasteiger partial charge is 0.273 e. The van der Waals surface area contributed by atoms with Gasteiger partial charge in [0, 0.05) is 46.0 Å². The Labute approximate surface area is 228 Å². The molecule has 2 unspecified atom stereocenters. The van der Waals surface area contributed by atoms with Gasteiger partial charge in [-0.25, -0.2) is 4.98 Å². The Morgan fingerprint density at radius 1 is 1.26 bits per heavy atom. The van der Waals surface area contributed by atoms with Crippen molar-refractivity contribution in [3.05, 3.63) is 34.6 Å². The molecule has 3 heterocycles. The number of nitrogens with one attached hydrogen (secondary N) is 1. The zero-order chi connectivity index (χ0) is 26.6. The Bertz CT molecular complexity index is 1230. The first-order valence-corrected chi connectivity index (χ1v) is 14.2. The number of hydrogen-bond acceptors (Lipinski definition) is 7. The van der Waals surface area contributed by atoms with Gasteiger partial charge in [0.15, 0.2) is 5.69 Å². The molecule has 2 atom stereocenters. The van der Waals surface area contributed by atoms with Crippen LogP contribution in [0.5, 0.6) is 0 Å². The van der Waals surface area contributed by atoms with Crippen LogP contribution in [0.3, 0.4) is 0 Å². The van der Waals surface area contributed by atoms with E-state index in [1.165, 1.54) is 0 Å². The minimum Gasteiger partial charge on any atom is -0.390 e. The van der Waals surface area contributed by atoms with Crippen molar-refractivity contribution in [2.24, 2.45) is 30.7 Å². The van der Waals surface area contributed by atoms with Gasteiger partial charge < -0.3 is 20.2 Å². The van der Waals surface area contributed by atoms with Crippen LogP contribution in [0.15, 0.2) is 18.3 Å². The molecule has 202 valence electrons. The fourth-order valence-corrected chi connectivity index (χ4v) is 8.33. The molecule has 10 heteroatoms. The second-order valence-corrected chi connectivity index (χ2v) is 12.5. The van der Waals surface area contributed by atoms with Gasteiger partial charge in [-0.3, -0.25) is 9.48 Å². The number of carbonyl (C=O) groups is 1. The average molecular weight is 538 g/mol. The summed E-state index contributed by atoms with van der Waals surface area (Å²) in [6.45, 7) is 2.63. The molecule has 9 nitrogen and oxygen atoms in total. The van der Waals surface area contributed by atoms with E-state index in [2.05, 4.69) is 31.3 Å². The molecule has 2 aromatic heterocycles. The first-order valence-electron chi connectivity index (χ1n) is 13.8. The quantitative estimate of drug-likeness (QED) is 0.581. The van der Waals surface area contributed by atoms with E-state index in [0.29, 0.717) is 34.3 Å². The summed E-state index contributed by atoms with van der Waals surface area (Å²) in [5, 5.41) is 28.1. The number of halogens is 1. The summed E-state index contributed by atoms with van der Waals surface area (Å²) in [7, 11) is 3.85. The van der Waals surface area contributed by atoms with Gasteiger partial charge in [-0.2, -0.15) is 10.4 Å². The van der Waals surface area contributed by atoms with Gasteiger partial charge in [-0.05, 0) is 80.8 Å². The highest BCUT2D eigenvalue weighted by atomic mass is 35.5. The van der Waals surface area contributed by atoms with E-state index in [1.807, 2.05) is 26.2 Å². The Kier molecular flexibility index (Phi) is 6.51. The van der Waals surface area contributed by atoms with Crippen LogP contribution in [-0.2, 0) is 7.05 Å². The van der Waals surface area contributed by atoms with Crippen LogP contribution in [0, 0.1) is 35.0 Å². The van der Waals surface area contributed by atoms with Gasteiger partial charge in [0.1, 0.15) is 22.7 Å². The van der Waals surface area contributed by atoms with Crippen molar-refractivity contribution in [3.8, 4) is 6.07 Å². The predicted molar refractivity (Wildman–Crippen MR) is 145 cm³/mol. The number of hydrogen-bond donors (Lipinski definition) is 2. The Balaban J connectivity index is 1.07. The Hall–Kier alpha value is -2.83. The Morgan fingerprint density at radius 2 is 1.97 bits per heavy atom. The lowest BCUT2D eigenvalue weighted by Gasteiger charge is -2.58. The number of nitrogens with zero attached hydrogens (tertiary/aromatic N) is 6. The summed E-state index contributed by atoms with van der Waals surface area (Å²) in [5.41, 5.74) is 0.332. The number of aliphatic hydroxyl groups is 1. The van der Waals surface area contributed by atoms with Crippen LogP contribution in [0.2, 0.25) is 5.02 Å². The number of aromatic nitrogens is 3. The fourth-order valence-electron chi connectivity index (χ4n) is 7.94. The second-order valence-electron chi connectivity index (χ2n) is 12.1. The van der Waals surface area contributed by atoms with Gasteiger partial charge in [0.2, 0.25) is 0 Å². The number of rotatable bonds is 6. The van der Waals surface area contributed by atoms with Crippen molar-refractivity contribution in [1.29, 1.82) is 5.26 Å². The summed E-state index contributed by atoms with van der Waals surface area (Å²) < 4.78 is 1.71. The first kappa shape index (κ1) is 25.4. The molecule has 1 saturated heterocycles. The second kappa shape index (κ2) is 9.73. The van der Waals surface area contributed by atoms with Gasteiger partial charge in [0.25, 0.3) is 5.91 Å². The van der Waals surface area contributed by atoms with Gasteiger partial charge >= 0.3 is 0 Å². The van der Waals surface area contributed by atoms with E-state index in [1.54, 1.807) is 10.9 Å². The van der Waals surface area contributed by atoms with Gasteiger partial charge in [-0.15, -0.1) is 0 Å². The molecular weight excluding hydrogens is 502 g/mol. The summed E-state index contributed by atoms with van der Waals surface area (Å²) in [6, 6.07) is 5.93. The van der Waals surface area contributed by atoms with Crippen LogP contribution in [0.25, 0.3) is 0 Å². The lowest BCUT2D eigenvalue weighted by atomic mass is 9.52. The van der Waals surface area contributed by atoms with Crippen molar-refractivity contribution < 1.29 is 9.90 Å². The lowest BCUT2D eigenvalue weighted by Crippen LogP contribution is -2.61. The number of pyridine rings is 1. The van der Waals surface area contributed by atoms with E-state index in [4.69, 9.17) is 16.9 Å². The van der Waals surface area contributed by atoms with Gasteiger partial charge in [0.05, 0.1) is 11.2 Å². The summed E-state index contributed by atoms with van der Waals surface area (Å²) in [6.07, 6.45) is 8.35. The number of piperidine rings is 1. The minimum atomic E-state index is -0.523. The fraction of sp³-hybridized carbons (Fsp3) is 0.643. The zero-order valence-electron chi connectivity index (χ0n) is 22.1. The topological polar surface area (TPSA) is 110 Å². The standard InChI is InChI=1S/C28H36ClN7O2/c1-34(16-17-5-7-36(8-6-17)22-4-3-18(14-30)15-31-22)27-23(29)25(33-35(27)2)26(37)32-24-20-9-19-10-21(24)13-28(38,11-19)12-20/h3-4,15,17,19-21,24,38H,5-13,16H2,1-2H3,(H,32,37)/t19?,20?,21?,24-,28-. The van der Waals surface area contributed by atoms with E-state index < -0.39 is 5.60 Å². The van der Waals surface area contributed by atoms with Crippen LogP contribution < -0.4 is 15.1 Å². The zero-order valence-corrected chi connectivity index (χ0v) is 22.9. The molecule has 4 saturated carbocycles. The van der Waals surface area contributed by atoms with Crippen LogP contribution in [0.1, 0.15) is 61.0 Å². The molecule has 5 fully saturated rings. The summed E-state index contributed by atoms with van der Waals surface area (Å²) >= 11 is 6.79. The monoisotopic (exact) mass is 537 g/mol. The number of amides is 1. The molecule has 7 rings (SSSR count). The maximum atomic E-state index is 13.3. The molecule has 38 heavy (non-hydrogen) atoms. The van der Waals surface area contributed by atoms with Crippen molar-refractivity contribution in [2.75, 3.05) is 36.5 Å². The largest absolute Gasteiger partial charge is 0.390 e. The summed E-state index contributed by atoms with van der Waals surface area (Å²) in [4.78, 5) is 22.2. The third-order valence-electron chi connectivity index (χ3n) is 9.42. The molecule has 1 aliphatic heterocycles. The van der Waals surface area contributed by atoms with Crippen molar-refractivity contribution >= 4 is 29.1 Å². The maximum absolute atomic E-state index is 13.3. The van der Waals surface area contributed by atoms with Crippen LogP contribution >= 0.6 is 11.6 Å². The molecule has 0 radical (unpaired) electrons. The molecule has 2 N–H and O–H groups in total. The number of aryl methyl sites for hydroxylation is 1. The Morgan fingerprint density at radius 3 is 2.58 bits per heavy atom. The van der Waals surface area contributed by atoms with Crippen LogP contribution in [0.4, 0.5) is 11.6 Å². The highest BCUT2D eigenvalue weighted by molar-refractivity contribution is 6.36. The van der Waals surface area contributed by atoms with Gasteiger partial charge in [-0.1, -0.05) is 11.6 Å². The van der Waals surface area contributed by atoms with E-state index in [0.717, 1.165) is 76.2 Å². The number of carbonyl (C=O) groups excluding carboxylic acids is 1. The van der Waals surface area contributed by atoms with Crippen molar-refractivity contribution in [3.63, 3.8) is 0 Å².